The van der Waals surface area contributed by atoms with E-state index in [1.165, 1.54) is 7.11 Å². The predicted molar refractivity (Wildman–Crippen MR) is 119 cm³/mol. The Kier molecular flexibility index (Phi) is 6.24. The molecule has 1 saturated carbocycles. The standard InChI is InChI=1S/C23H40BNO6/c1-15-14-23(12-13-25(15)19(27)29-20(2,3)4)11-10-16(17(23)18(26)28-9)24-30-21(5,6)22(7,8)31-24/h15-17H,10-14H2,1-9H3. The largest absolute Gasteiger partial charge is 0.469 e. The maximum Gasteiger partial charge on any atom is 0.462 e. The Morgan fingerprint density at radius 2 is 1.65 bits per heavy atom. The van der Waals surface area contributed by atoms with Crippen LogP contribution in [0.1, 0.15) is 81.1 Å². The van der Waals surface area contributed by atoms with Gasteiger partial charge >= 0.3 is 19.2 Å². The first-order valence-corrected chi connectivity index (χ1v) is 11.6. The van der Waals surface area contributed by atoms with Crippen molar-refractivity contribution in [1.82, 2.24) is 4.90 Å². The minimum Gasteiger partial charge on any atom is -0.469 e. The van der Waals surface area contributed by atoms with E-state index in [2.05, 4.69) is 0 Å². The number of ether oxygens (including phenoxy) is 2. The van der Waals surface area contributed by atoms with E-state index in [0.717, 1.165) is 25.7 Å². The summed E-state index contributed by atoms with van der Waals surface area (Å²) in [7, 11) is 1.02. The summed E-state index contributed by atoms with van der Waals surface area (Å²) >= 11 is 0. The molecule has 3 aliphatic rings. The lowest BCUT2D eigenvalue weighted by atomic mass is 9.59. The first kappa shape index (κ1) is 24.4. The topological polar surface area (TPSA) is 74.3 Å². The second-order valence-electron chi connectivity index (χ2n) is 11.7. The fraction of sp³-hybridized carbons (Fsp3) is 0.913. The minimum absolute atomic E-state index is 0.0206. The normalized spacial score (nSPS) is 34.8. The average Bonchev–Trinajstić information content (AvgIpc) is 3.06. The molecule has 0 aromatic heterocycles. The smallest absolute Gasteiger partial charge is 0.462 e. The molecule has 2 saturated heterocycles. The van der Waals surface area contributed by atoms with Crippen molar-refractivity contribution in [3.8, 4) is 0 Å². The zero-order valence-corrected chi connectivity index (χ0v) is 20.7. The highest BCUT2D eigenvalue weighted by Gasteiger charge is 2.63. The van der Waals surface area contributed by atoms with Crippen LogP contribution in [0.5, 0.6) is 0 Å². The molecule has 0 bridgehead atoms. The van der Waals surface area contributed by atoms with Gasteiger partial charge in [-0.15, -0.1) is 0 Å². The molecule has 0 aromatic carbocycles. The molecule has 3 fully saturated rings. The fourth-order valence-corrected chi connectivity index (χ4v) is 5.60. The van der Waals surface area contributed by atoms with Crippen molar-refractivity contribution in [3.63, 3.8) is 0 Å². The molecule has 4 atom stereocenters. The Balaban J connectivity index is 1.80. The lowest BCUT2D eigenvalue weighted by Gasteiger charge is -2.46. The summed E-state index contributed by atoms with van der Waals surface area (Å²) in [5.74, 6) is -0.570. The molecule has 8 heteroatoms. The van der Waals surface area contributed by atoms with Crippen LogP contribution >= 0.6 is 0 Å². The van der Waals surface area contributed by atoms with Crippen LogP contribution in [0.4, 0.5) is 4.79 Å². The van der Waals surface area contributed by atoms with E-state index in [1.807, 2.05) is 55.4 Å². The van der Waals surface area contributed by atoms with E-state index >= 15 is 0 Å². The molecule has 7 nitrogen and oxygen atoms in total. The molecule has 1 spiro atoms. The van der Waals surface area contributed by atoms with Gasteiger partial charge in [-0.3, -0.25) is 4.79 Å². The van der Waals surface area contributed by atoms with Crippen molar-refractivity contribution < 1.29 is 28.4 Å². The van der Waals surface area contributed by atoms with Crippen LogP contribution < -0.4 is 0 Å². The van der Waals surface area contributed by atoms with Crippen LogP contribution in [-0.4, -0.2) is 60.6 Å². The Labute approximate surface area is 187 Å². The number of hydrogen-bond acceptors (Lipinski definition) is 6. The van der Waals surface area contributed by atoms with Gasteiger partial charge in [0.15, 0.2) is 0 Å². The second-order valence-corrected chi connectivity index (χ2v) is 11.7. The van der Waals surface area contributed by atoms with Gasteiger partial charge in [-0.05, 0) is 80.1 Å². The van der Waals surface area contributed by atoms with Crippen LogP contribution in [0.2, 0.25) is 5.82 Å². The molecule has 4 unspecified atom stereocenters. The van der Waals surface area contributed by atoms with Crippen molar-refractivity contribution in [2.24, 2.45) is 11.3 Å². The summed E-state index contributed by atoms with van der Waals surface area (Å²) in [6, 6.07) is -0.0206. The summed E-state index contributed by atoms with van der Waals surface area (Å²) in [6.07, 6.45) is 2.93. The highest BCUT2D eigenvalue weighted by atomic mass is 16.7. The molecule has 1 amide bonds. The zero-order chi connectivity index (χ0) is 23.4. The van der Waals surface area contributed by atoms with Gasteiger partial charge in [-0.2, -0.15) is 0 Å². The van der Waals surface area contributed by atoms with Crippen LogP contribution in [0.3, 0.4) is 0 Å². The van der Waals surface area contributed by atoms with Gasteiger partial charge in [0.1, 0.15) is 5.60 Å². The van der Waals surface area contributed by atoms with Crippen molar-refractivity contribution in [3.05, 3.63) is 0 Å². The second kappa shape index (κ2) is 7.94. The highest BCUT2D eigenvalue weighted by Crippen LogP contribution is 2.60. The summed E-state index contributed by atoms with van der Waals surface area (Å²) in [5.41, 5.74) is -1.64. The van der Waals surface area contributed by atoms with Gasteiger partial charge in [-0.25, -0.2) is 4.79 Å². The number of amides is 1. The lowest BCUT2D eigenvalue weighted by molar-refractivity contribution is -0.151. The van der Waals surface area contributed by atoms with Gasteiger partial charge in [0.05, 0.1) is 24.2 Å². The predicted octanol–water partition coefficient (Wildman–Crippen LogP) is 4.44. The number of rotatable bonds is 2. The Morgan fingerprint density at radius 1 is 1.06 bits per heavy atom. The van der Waals surface area contributed by atoms with Gasteiger partial charge in [0.25, 0.3) is 0 Å². The van der Waals surface area contributed by atoms with Crippen LogP contribution in [-0.2, 0) is 23.6 Å². The molecular formula is C23H40BNO6. The third kappa shape index (κ3) is 4.47. The fourth-order valence-electron chi connectivity index (χ4n) is 5.60. The zero-order valence-electron chi connectivity index (χ0n) is 20.7. The lowest BCUT2D eigenvalue weighted by Crippen LogP contribution is -2.52. The minimum atomic E-state index is -0.532. The van der Waals surface area contributed by atoms with Crippen LogP contribution in [0.25, 0.3) is 0 Å². The summed E-state index contributed by atoms with van der Waals surface area (Å²) in [4.78, 5) is 27.5. The molecule has 2 heterocycles. The number of methoxy groups -OCH3 is 1. The Morgan fingerprint density at radius 3 is 2.13 bits per heavy atom. The van der Waals surface area contributed by atoms with E-state index in [0.29, 0.717) is 6.54 Å². The summed E-state index contributed by atoms with van der Waals surface area (Å²) < 4.78 is 23.5. The molecular weight excluding hydrogens is 397 g/mol. The van der Waals surface area contributed by atoms with Crippen LogP contribution in [0, 0.1) is 11.3 Å². The first-order chi connectivity index (χ1) is 14.1. The summed E-state index contributed by atoms with van der Waals surface area (Å²) in [5, 5.41) is 0. The highest BCUT2D eigenvalue weighted by molar-refractivity contribution is 6.48. The third-order valence-corrected chi connectivity index (χ3v) is 7.85. The molecule has 2 aliphatic heterocycles. The van der Waals surface area contributed by atoms with E-state index in [9.17, 15) is 9.59 Å². The van der Waals surface area contributed by atoms with Crippen molar-refractivity contribution in [2.45, 2.75) is 110 Å². The number of piperidine rings is 1. The van der Waals surface area contributed by atoms with E-state index in [1.54, 1.807) is 4.90 Å². The quantitative estimate of drug-likeness (QED) is 0.470. The first-order valence-electron chi connectivity index (χ1n) is 11.6. The molecule has 0 radical (unpaired) electrons. The maximum atomic E-state index is 13.0. The SMILES string of the molecule is COC(=O)C1C(B2OC(C)(C)C(C)(C)O2)CCC12CCN(C(=O)OC(C)(C)C)C(C)C2. The van der Waals surface area contributed by atoms with Crippen molar-refractivity contribution in [2.75, 3.05) is 13.7 Å². The molecule has 0 N–H and O–H groups in total. The van der Waals surface area contributed by atoms with Gasteiger partial charge in [0.2, 0.25) is 0 Å². The maximum absolute atomic E-state index is 13.0. The number of carbonyl (C=O) groups is 2. The van der Waals surface area contributed by atoms with Gasteiger partial charge in [-0.1, -0.05) is 6.42 Å². The van der Waals surface area contributed by atoms with Crippen molar-refractivity contribution >= 4 is 19.2 Å². The van der Waals surface area contributed by atoms with Gasteiger partial charge < -0.3 is 23.7 Å². The molecule has 1 aliphatic carbocycles. The number of likely N-dealkylation sites (tertiary alicyclic amines) is 1. The number of esters is 1. The third-order valence-electron chi connectivity index (χ3n) is 7.85. The van der Waals surface area contributed by atoms with Crippen LogP contribution in [0.15, 0.2) is 0 Å². The Hall–Kier alpha value is -1.28. The monoisotopic (exact) mass is 437 g/mol. The number of carbonyl (C=O) groups excluding carboxylic acids is 2. The van der Waals surface area contributed by atoms with Gasteiger partial charge in [0, 0.05) is 18.4 Å². The van der Waals surface area contributed by atoms with E-state index in [4.69, 9.17) is 18.8 Å². The molecule has 3 rings (SSSR count). The summed E-state index contributed by atoms with van der Waals surface area (Å²) in [6.45, 7) is 16.4. The molecule has 176 valence electrons. The molecule has 0 aromatic rings. The van der Waals surface area contributed by atoms with E-state index in [-0.39, 0.29) is 35.3 Å². The van der Waals surface area contributed by atoms with E-state index < -0.39 is 23.9 Å². The van der Waals surface area contributed by atoms with Crippen molar-refractivity contribution in [1.29, 1.82) is 0 Å². The molecule has 31 heavy (non-hydrogen) atoms. The average molecular weight is 437 g/mol. The number of nitrogens with zero attached hydrogens (tertiary/aromatic N) is 1. The number of hydrogen-bond donors (Lipinski definition) is 0. The Bertz CT molecular complexity index is 701.